The number of carbonyl (C=O) groups is 3. The highest BCUT2D eigenvalue weighted by atomic mass is 19.1. The van der Waals surface area contributed by atoms with Gasteiger partial charge < -0.3 is 5.11 Å². The maximum atomic E-state index is 14.2. The number of hydrogen-bond donors (Lipinski definition) is 1. The van der Waals surface area contributed by atoms with Crippen molar-refractivity contribution in [2.75, 3.05) is 0 Å². The number of aliphatic hydroxyl groups is 1. The monoisotopic (exact) mass is 306 g/mol. The van der Waals surface area contributed by atoms with Gasteiger partial charge in [-0.05, 0) is 32.4 Å². The third kappa shape index (κ3) is 2.73. The molecule has 0 saturated heterocycles. The quantitative estimate of drug-likeness (QED) is 0.868. The number of benzene rings is 1. The summed E-state index contributed by atoms with van der Waals surface area (Å²) >= 11 is 0. The fourth-order valence-corrected chi connectivity index (χ4v) is 3.63. The van der Waals surface area contributed by atoms with Crippen LogP contribution < -0.4 is 0 Å². The first-order chi connectivity index (χ1) is 10.2. The third-order valence-corrected chi connectivity index (χ3v) is 4.41. The summed E-state index contributed by atoms with van der Waals surface area (Å²) in [4.78, 5) is 36.3. The predicted octanol–water partition coefficient (Wildman–Crippen LogP) is 2.04. The van der Waals surface area contributed by atoms with Gasteiger partial charge in [-0.25, -0.2) is 4.39 Å². The Labute approximate surface area is 128 Å². The summed E-state index contributed by atoms with van der Waals surface area (Å²) in [6.07, 6.45) is -0.285. The lowest BCUT2D eigenvalue weighted by molar-refractivity contribution is -0.151. The molecule has 0 radical (unpaired) electrons. The van der Waals surface area contributed by atoms with E-state index in [4.69, 9.17) is 0 Å². The van der Waals surface area contributed by atoms with E-state index in [-0.39, 0.29) is 17.8 Å². The molecule has 22 heavy (non-hydrogen) atoms. The van der Waals surface area contributed by atoms with E-state index in [0.29, 0.717) is 0 Å². The van der Waals surface area contributed by atoms with Gasteiger partial charge in [0.05, 0.1) is 17.4 Å². The second-order valence-electron chi connectivity index (χ2n) is 6.22. The third-order valence-electron chi connectivity index (χ3n) is 4.41. The van der Waals surface area contributed by atoms with Crippen LogP contribution in [-0.2, 0) is 14.4 Å². The molecular weight excluding hydrogens is 287 g/mol. The van der Waals surface area contributed by atoms with Gasteiger partial charge in [0.1, 0.15) is 23.2 Å². The zero-order valence-electron chi connectivity index (χ0n) is 12.8. The first-order valence-electron chi connectivity index (χ1n) is 7.17. The Morgan fingerprint density at radius 2 is 1.82 bits per heavy atom. The van der Waals surface area contributed by atoms with Crippen LogP contribution in [0.5, 0.6) is 0 Å². The molecule has 0 aliphatic heterocycles. The Hall–Kier alpha value is -1.88. The molecule has 4 nitrogen and oxygen atoms in total. The van der Waals surface area contributed by atoms with E-state index in [0.717, 1.165) is 0 Å². The summed E-state index contributed by atoms with van der Waals surface area (Å²) < 4.78 is 14.2. The normalized spacial score (nSPS) is 31.9. The van der Waals surface area contributed by atoms with Gasteiger partial charge in [0.15, 0.2) is 0 Å². The molecule has 0 aromatic heterocycles. The van der Waals surface area contributed by atoms with Crippen LogP contribution >= 0.6 is 0 Å². The van der Waals surface area contributed by atoms with E-state index in [9.17, 15) is 23.9 Å². The van der Waals surface area contributed by atoms with Gasteiger partial charge in [-0.15, -0.1) is 0 Å². The highest BCUT2D eigenvalue weighted by Crippen LogP contribution is 2.46. The Balaban J connectivity index is 2.68. The average molecular weight is 306 g/mol. The van der Waals surface area contributed by atoms with Gasteiger partial charge in [0, 0.05) is 12.3 Å². The summed E-state index contributed by atoms with van der Waals surface area (Å²) in [5.74, 6) is -4.91. The molecule has 1 fully saturated rings. The molecule has 1 aliphatic rings. The van der Waals surface area contributed by atoms with E-state index in [1.54, 1.807) is 6.07 Å². The molecule has 2 rings (SSSR count). The average Bonchev–Trinajstić information content (AvgIpc) is 2.35. The summed E-state index contributed by atoms with van der Waals surface area (Å²) in [6.45, 7) is 3.94. The Morgan fingerprint density at radius 3 is 2.32 bits per heavy atom. The molecule has 1 N–H and O–H groups in total. The van der Waals surface area contributed by atoms with Crippen LogP contribution in [0, 0.1) is 17.7 Å². The molecule has 1 aliphatic carbocycles. The Bertz CT molecular complexity index is 635. The van der Waals surface area contributed by atoms with Crippen molar-refractivity contribution in [3.63, 3.8) is 0 Å². The smallest absolute Gasteiger partial charge is 0.146 e. The van der Waals surface area contributed by atoms with E-state index < -0.39 is 40.7 Å². The molecule has 0 bridgehead atoms. The molecule has 0 amide bonds. The molecule has 5 heteroatoms. The number of hydrogen-bond acceptors (Lipinski definition) is 4. The lowest BCUT2D eigenvalue weighted by Crippen LogP contribution is -2.54. The minimum Gasteiger partial charge on any atom is -0.389 e. The summed E-state index contributed by atoms with van der Waals surface area (Å²) in [6, 6.07) is 5.76. The summed E-state index contributed by atoms with van der Waals surface area (Å²) in [7, 11) is 0. The fourth-order valence-electron chi connectivity index (χ4n) is 3.63. The number of halogens is 1. The Kier molecular flexibility index (Phi) is 4.29. The zero-order chi connectivity index (χ0) is 16.7. The van der Waals surface area contributed by atoms with Gasteiger partial charge in [0.25, 0.3) is 0 Å². The maximum absolute atomic E-state index is 14.2. The van der Waals surface area contributed by atoms with Crippen molar-refractivity contribution in [3.05, 3.63) is 35.6 Å². The molecule has 118 valence electrons. The minimum atomic E-state index is -1.60. The molecule has 1 saturated carbocycles. The van der Waals surface area contributed by atoms with Crippen LogP contribution in [0.25, 0.3) is 0 Å². The van der Waals surface area contributed by atoms with Crippen LogP contribution in [0.2, 0.25) is 0 Å². The first-order valence-corrected chi connectivity index (χ1v) is 7.17. The van der Waals surface area contributed by atoms with Crippen molar-refractivity contribution in [2.45, 2.75) is 38.7 Å². The topological polar surface area (TPSA) is 71.4 Å². The van der Waals surface area contributed by atoms with Gasteiger partial charge in [-0.2, -0.15) is 0 Å². The van der Waals surface area contributed by atoms with Gasteiger partial charge in [0.2, 0.25) is 0 Å². The molecule has 0 spiro atoms. The summed E-state index contributed by atoms with van der Waals surface area (Å²) in [5.41, 5.74) is -1.47. The number of Topliss-reactive ketones (excluding diaryl/α,β-unsaturated/α-hetero) is 3. The highest BCUT2D eigenvalue weighted by Gasteiger charge is 2.54. The first kappa shape index (κ1) is 16.5. The fraction of sp³-hybridized carbons (Fsp3) is 0.471. The molecule has 1 aromatic rings. The van der Waals surface area contributed by atoms with Crippen LogP contribution in [0.3, 0.4) is 0 Å². The van der Waals surface area contributed by atoms with E-state index in [1.165, 1.54) is 39.0 Å². The van der Waals surface area contributed by atoms with Crippen molar-refractivity contribution in [3.8, 4) is 0 Å². The highest BCUT2D eigenvalue weighted by molar-refractivity contribution is 6.05. The molecule has 0 unspecified atom stereocenters. The molecule has 0 heterocycles. The standard InChI is InChI=1S/C17H19FO4/c1-9(19)14-13(21)8-17(3,22)16(10(2)20)15(14)11-6-4-5-7-12(11)18/h4-7,14-16,22H,8H2,1-3H3/t14-,15+,16+,17+/m1/s1. The second kappa shape index (κ2) is 5.72. The summed E-state index contributed by atoms with van der Waals surface area (Å²) in [5, 5.41) is 10.5. The van der Waals surface area contributed by atoms with Crippen molar-refractivity contribution in [1.29, 1.82) is 0 Å². The van der Waals surface area contributed by atoms with Gasteiger partial charge in [-0.1, -0.05) is 18.2 Å². The largest absolute Gasteiger partial charge is 0.389 e. The molecule has 4 atom stereocenters. The lowest BCUT2D eigenvalue weighted by atomic mass is 9.60. The van der Waals surface area contributed by atoms with E-state index >= 15 is 0 Å². The van der Waals surface area contributed by atoms with E-state index in [2.05, 4.69) is 0 Å². The number of ketones is 3. The van der Waals surface area contributed by atoms with Crippen LogP contribution in [0.15, 0.2) is 24.3 Å². The minimum absolute atomic E-state index is 0.122. The van der Waals surface area contributed by atoms with Crippen molar-refractivity contribution < 1.29 is 23.9 Å². The van der Waals surface area contributed by atoms with Crippen LogP contribution in [0.4, 0.5) is 4.39 Å². The van der Waals surface area contributed by atoms with Gasteiger partial charge in [-0.3, -0.25) is 14.4 Å². The Morgan fingerprint density at radius 1 is 1.23 bits per heavy atom. The zero-order valence-corrected chi connectivity index (χ0v) is 12.8. The van der Waals surface area contributed by atoms with Crippen molar-refractivity contribution >= 4 is 17.3 Å². The van der Waals surface area contributed by atoms with Crippen molar-refractivity contribution in [2.24, 2.45) is 11.8 Å². The van der Waals surface area contributed by atoms with Crippen molar-refractivity contribution in [1.82, 2.24) is 0 Å². The maximum Gasteiger partial charge on any atom is 0.146 e. The predicted molar refractivity (Wildman–Crippen MR) is 77.7 cm³/mol. The number of carbonyl (C=O) groups excluding carboxylic acids is 3. The number of rotatable bonds is 3. The van der Waals surface area contributed by atoms with Crippen LogP contribution in [-0.4, -0.2) is 28.1 Å². The molecule has 1 aromatic carbocycles. The SMILES string of the molecule is CC(=O)[C@@H]1C(=O)C[C@](C)(O)[C@@H](C(C)=O)[C@H]1c1ccccc1F. The van der Waals surface area contributed by atoms with Gasteiger partial charge >= 0.3 is 0 Å². The second-order valence-corrected chi connectivity index (χ2v) is 6.22. The van der Waals surface area contributed by atoms with E-state index in [1.807, 2.05) is 0 Å². The molecular formula is C17H19FO4. The lowest BCUT2D eigenvalue weighted by Gasteiger charge is -2.44. The van der Waals surface area contributed by atoms with Crippen LogP contribution in [0.1, 0.15) is 38.7 Å².